The van der Waals surface area contributed by atoms with E-state index in [9.17, 15) is 0 Å². The Morgan fingerprint density at radius 2 is 1.56 bits per heavy atom. The first kappa shape index (κ1) is 15.4. The van der Waals surface area contributed by atoms with Crippen molar-refractivity contribution in [3.8, 4) is 0 Å². The molecule has 0 saturated carbocycles. The van der Waals surface area contributed by atoms with Gasteiger partial charge in [-0.25, -0.2) is 4.98 Å². The van der Waals surface area contributed by atoms with Gasteiger partial charge in [0.2, 0.25) is 0 Å². The summed E-state index contributed by atoms with van der Waals surface area (Å²) >= 11 is 12.2. The molecule has 1 heterocycles. The first-order chi connectivity index (χ1) is 8.69. The molecule has 0 aliphatic carbocycles. The summed E-state index contributed by atoms with van der Waals surface area (Å²) < 4.78 is 0. The molecule has 0 aromatic carbocycles. The topological polar surface area (TPSA) is 37.0 Å². The molecule has 1 aromatic heterocycles. The second-order valence-corrected chi connectivity index (χ2v) is 5.02. The second kappa shape index (κ2) is 8.44. The molecule has 0 aliphatic rings. The van der Waals surface area contributed by atoms with Gasteiger partial charge in [-0.15, -0.1) is 0 Å². The van der Waals surface area contributed by atoms with Crippen molar-refractivity contribution in [1.29, 1.82) is 0 Å². The first-order valence-corrected chi connectivity index (χ1v) is 7.28. The van der Waals surface area contributed by atoms with E-state index in [2.05, 4.69) is 29.5 Å². The predicted octanol–water partition coefficient (Wildman–Crippen LogP) is 4.81. The van der Waals surface area contributed by atoms with Gasteiger partial charge in [0.25, 0.3) is 0 Å². The molecule has 2 N–H and O–H groups in total. The number of nitrogens with one attached hydrogen (secondary N) is 2. The lowest BCUT2D eigenvalue weighted by Gasteiger charge is -2.12. The summed E-state index contributed by atoms with van der Waals surface area (Å²) in [5.74, 6) is 1.40. The highest BCUT2D eigenvalue weighted by Gasteiger charge is 2.08. The average Bonchev–Trinajstić information content (AvgIpc) is 2.35. The van der Waals surface area contributed by atoms with Gasteiger partial charge in [0.15, 0.2) is 0 Å². The van der Waals surface area contributed by atoms with Crippen LogP contribution in [-0.2, 0) is 0 Å². The molecule has 0 spiro atoms. The fraction of sp³-hybridized carbons (Fsp3) is 0.615. The number of unbranched alkanes of at least 4 members (excludes halogenated alkanes) is 2. The van der Waals surface area contributed by atoms with E-state index in [1.165, 1.54) is 12.8 Å². The van der Waals surface area contributed by atoms with Crippen LogP contribution >= 0.6 is 23.2 Å². The highest BCUT2D eigenvalue weighted by atomic mass is 35.5. The van der Waals surface area contributed by atoms with E-state index in [0.29, 0.717) is 21.7 Å². The number of halogens is 2. The smallest absolute Gasteiger partial charge is 0.147 e. The van der Waals surface area contributed by atoms with Crippen LogP contribution in [0.4, 0.5) is 11.6 Å². The minimum atomic E-state index is 0.563. The third-order valence-electron chi connectivity index (χ3n) is 2.54. The summed E-state index contributed by atoms with van der Waals surface area (Å²) in [4.78, 5) is 4.42. The largest absolute Gasteiger partial charge is 0.369 e. The van der Waals surface area contributed by atoms with Crippen molar-refractivity contribution in [3.63, 3.8) is 0 Å². The number of rotatable bonds is 8. The van der Waals surface area contributed by atoms with Gasteiger partial charge in [-0.05, 0) is 18.9 Å². The highest BCUT2D eigenvalue weighted by Crippen LogP contribution is 2.29. The molecular weight excluding hydrogens is 269 g/mol. The third-order valence-corrected chi connectivity index (χ3v) is 3.12. The van der Waals surface area contributed by atoms with Crippen LogP contribution in [0.2, 0.25) is 10.0 Å². The Morgan fingerprint density at radius 3 is 2.11 bits per heavy atom. The lowest BCUT2D eigenvalue weighted by molar-refractivity contribution is 0.742. The minimum Gasteiger partial charge on any atom is -0.369 e. The van der Waals surface area contributed by atoms with Crippen molar-refractivity contribution in [3.05, 3.63) is 16.1 Å². The van der Waals surface area contributed by atoms with Gasteiger partial charge in [0.05, 0.1) is 10.0 Å². The summed E-state index contributed by atoms with van der Waals surface area (Å²) in [6, 6.07) is 1.73. The zero-order valence-electron chi connectivity index (χ0n) is 11.0. The molecule has 0 fully saturated rings. The number of aromatic nitrogens is 1. The van der Waals surface area contributed by atoms with Gasteiger partial charge in [-0.2, -0.15) is 0 Å². The SMILES string of the molecule is CCCCCNc1nc(NCCC)c(Cl)cc1Cl. The second-order valence-electron chi connectivity index (χ2n) is 4.21. The lowest BCUT2D eigenvalue weighted by Crippen LogP contribution is -2.08. The van der Waals surface area contributed by atoms with Gasteiger partial charge in [-0.3, -0.25) is 0 Å². The third kappa shape index (κ3) is 4.91. The zero-order valence-corrected chi connectivity index (χ0v) is 12.5. The van der Waals surface area contributed by atoms with Crippen LogP contribution in [0.5, 0.6) is 0 Å². The normalized spacial score (nSPS) is 10.4. The van der Waals surface area contributed by atoms with Crippen molar-refractivity contribution < 1.29 is 0 Å². The van der Waals surface area contributed by atoms with Crippen molar-refractivity contribution in [2.45, 2.75) is 39.5 Å². The van der Waals surface area contributed by atoms with Gasteiger partial charge >= 0.3 is 0 Å². The fourth-order valence-corrected chi connectivity index (χ4v) is 2.03. The molecular formula is C13H21Cl2N3. The molecule has 0 bridgehead atoms. The molecule has 1 aromatic rings. The molecule has 5 heteroatoms. The number of hydrogen-bond acceptors (Lipinski definition) is 3. The van der Waals surface area contributed by atoms with Crippen LogP contribution in [0.3, 0.4) is 0 Å². The van der Waals surface area contributed by atoms with E-state index in [0.717, 1.165) is 25.9 Å². The predicted molar refractivity (Wildman–Crippen MR) is 81.1 cm³/mol. The van der Waals surface area contributed by atoms with Gasteiger partial charge < -0.3 is 10.6 Å². The summed E-state index contributed by atoms with van der Waals surface area (Å²) in [6.45, 7) is 6.01. The van der Waals surface area contributed by atoms with Gasteiger partial charge in [0, 0.05) is 13.1 Å². The van der Waals surface area contributed by atoms with Crippen molar-refractivity contribution in [2.75, 3.05) is 23.7 Å². The molecule has 102 valence electrons. The Labute approximate surface area is 119 Å². The molecule has 0 atom stereocenters. The van der Waals surface area contributed by atoms with E-state index >= 15 is 0 Å². The molecule has 0 aliphatic heterocycles. The fourth-order valence-electron chi connectivity index (χ4n) is 1.54. The molecule has 0 radical (unpaired) electrons. The van der Waals surface area contributed by atoms with E-state index in [-0.39, 0.29) is 0 Å². The Bertz CT molecular complexity index is 369. The summed E-state index contributed by atoms with van der Waals surface area (Å²) in [6.07, 6.45) is 4.56. The molecule has 3 nitrogen and oxygen atoms in total. The Morgan fingerprint density at radius 1 is 0.944 bits per heavy atom. The Balaban J connectivity index is 2.65. The number of hydrogen-bond donors (Lipinski definition) is 2. The standard InChI is InChI=1S/C13H21Cl2N3/c1-3-5-6-8-17-13-11(15)9-10(14)12(18-13)16-7-4-2/h9H,3-8H2,1-2H3,(H2,16,17,18). The van der Waals surface area contributed by atoms with E-state index in [4.69, 9.17) is 23.2 Å². The van der Waals surface area contributed by atoms with E-state index in [1.54, 1.807) is 6.07 Å². The van der Waals surface area contributed by atoms with E-state index < -0.39 is 0 Å². The first-order valence-electron chi connectivity index (χ1n) is 6.52. The maximum absolute atomic E-state index is 6.11. The van der Waals surface area contributed by atoms with Crippen LogP contribution in [0.1, 0.15) is 39.5 Å². The van der Waals surface area contributed by atoms with Crippen LogP contribution in [0.15, 0.2) is 6.07 Å². The molecule has 0 saturated heterocycles. The molecule has 18 heavy (non-hydrogen) atoms. The highest BCUT2D eigenvalue weighted by molar-refractivity contribution is 6.37. The summed E-state index contributed by atoms with van der Waals surface area (Å²) in [7, 11) is 0. The zero-order chi connectivity index (χ0) is 13.4. The average molecular weight is 290 g/mol. The quantitative estimate of drug-likeness (QED) is 0.674. The van der Waals surface area contributed by atoms with Crippen LogP contribution < -0.4 is 10.6 Å². The van der Waals surface area contributed by atoms with E-state index in [1.807, 2.05) is 0 Å². The van der Waals surface area contributed by atoms with Crippen molar-refractivity contribution >= 4 is 34.8 Å². The molecule has 0 unspecified atom stereocenters. The van der Waals surface area contributed by atoms with Crippen LogP contribution in [0.25, 0.3) is 0 Å². The summed E-state index contributed by atoms with van der Waals surface area (Å²) in [5, 5.41) is 7.57. The number of nitrogens with zero attached hydrogens (tertiary/aromatic N) is 1. The van der Waals surface area contributed by atoms with Crippen LogP contribution in [0, 0.1) is 0 Å². The molecule has 1 rings (SSSR count). The number of pyridine rings is 1. The van der Waals surface area contributed by atoms with Gasteiger partial charge in [-0.1, -0.05) is 49.9 Å². The Hall–Kier alpha value is -0.670. The van der Waals surface area contributed by atoms with Crippen molar-refractivity contribution in [2.24, 2.45) is 0 Å². The summed E-state index contributed by atoms with van der Waals surface area (Å²) in [5.41, 5.74) is 0. The minimum absolute atomic E-state index is 0.563. The Kier molecular flexibility index (Phi) is 7.21. The van der Waals surface area contributed by atoms with Gasteiger partial charge in [0.1, 0.15) is 11.6 Å². The van der Waals surface area contributed by atoms with Crippen LogP contribution in [-0.4, -0.2) is 18.1 Å². The van der Waals surface area contributed by atoms with Crippen molar-refractivity contribution in [1.82, 2.24) is 4.98 Å². The molecule has 0 amide bonds. The maximum Gasteiger partial charge on any atom is 0.147 e. The maximum atomic E-state index is 6.11. The monoisotopic (exact) mass is 289 g/mol. The lowest BCUT2D eigenvalue weighted by atomic mass is 10.2. The number of anilines is 2.